The number of hydrogen-bond acceptors (Lipinski definition) is 3. The molecular weight excluding hydrogens is 324 g/mol. The van der Waals surface area contributed by atoms with E-state index in [4.69, 9.17) is 0 Å². The van der Waals surface area contributed by atoms with Crippen molar-refractivity contribution >= 4 is 11.9 Å². The molecule has 5 nitrogen and oxygen atoms in total. The zero-order chi connectivity index (χ0) is 17.9. The minimum Gasteiger partial charge on any atom is -0.339 e. The lowest BCUT2D eigenvalue weighted by atomic mass is 10.0. The first kappa shape index (κ1) is 17.1. The molecule has 1 saturated heterocycles. The summed E-state index contributed by atoms with van der Waals surface area (Å²) in [4.78, 5) is 21.5. The molecule has 1 aromatic carbocycles. The Hall–Kier alpha value is -2.30. The fourth-order valence-electron chi connectivity index (χ4n) is 4.18. The van der Waals surface area contributed by atoms with Crippen molar-refractivity contribution in [2.45, 2.75) is 39.0 Å². The van der Waals surface area contributed by atoms with Gasteiger partial charge in [-0.25, -0.2) is 4.98 Å². The van der Waals surface area contributed by atoms with Gasteiger partial charge >= 0.3 is 0 Å². The second-order valence-corrected chi connectivity index (χ2v) is 7.66. The zero-order valence-electron chi connectivity index (χ0n) is 15.6. The lowest BCUT2D eigenvalue weighted by Gasteiger charge is -2.36. The first-order chi connectivity index (χ1) is 12.7. The molecule has 1 aliphatic heterocycles. The number of imidazole rings is 1. The summed E-state index contributed by atoms with van der Waals surface area (Å²) in [5.74, 6) is 1.94. The molecule has 138 valence electrons. The molecule has 0 spiro atoms. The van der Waals surface area contributed by atoms with E-state index in [1.54, 1.807) is 0 Å². The minimum atomic E-state index is 0.346. The van der Waals surface area contributed by atoms with Crippen LogP contribution in [-0.4, -0.2) is 46.5 Å². The molecule has 26 heavy (non-hydrogen) atoms. The number of amides is 1. The van der Waals surface area contributed by atoms with Crippen molar-refractivity contribution in [2.75, 3.05) is 31.1 Å². The number of aromatic nitrogens is 2. The standard InChI is InChI=1S/C21H28N4O/c1-17-6-8-19(9-7-17)25-11-10-22-21(25)24-14-12-23(13-15-24)20(26)16-18-4-2-3-5-18/h6-11,18H,2-5,12-16H2,1H3. The predicted molar refractivity (Wildman–Crippen MR) is 104 cm³/mol. The maximum Gasteiger partial charge on any atom is 0.222 e. The highest BCUT2D eigenvalue weighted by Gasteiger charge is 2.26. The highest BCUT2D eigenvalue weighted by Crippen LogP contribution is 2.28. The van der Waals surface area contributed by atoms with Crippen molar-refractivity contribution in [3.63, 3.8) is 0 Å². The van der Waals surface area contributed by atoms with Gasteiger partial charge < -0.3 is 9.80 Å². The van der Waals surface area contributed by atoms with Crippen molar-refractivity contribution < 1.29 is 4.79 Å². The largest absolute Gasteiger partial charge is 0.339 e. The van der Waals surface area contributed by atoms with E-state index >= 15 is 0 Å². The molecule has 0 atom stereocenters. The molecule has 5 heteroatoms. The smallest absolute Gasteiger partial charge is 0.222 e. The van der Waals surface area contributed by atoms with Crippen LogP contribution in [0.25, 0.3) is 5.69 Å². The number of carbonyl (C=O) groups excluding carboxylic acids is 1. The van der Waals surface area contributed by atoms with Crippen molar-refractivity contribution in [2.24, 2.45) is 5.92 Å². The molecule has 1 amide bonds. The SMILES string of the molecule is Cc1ccc(-n2ccnc2N2CCN(C(=O)CC3CCCC3)CC2)cc1. The molecular formula is C21H28N4O. The van der Waals surface area contributed by atoms with Crippen molar-refractivity contribution in [3.05, 3.63) is 42.2 Å². The van der Waals surface area contributed by atoms with E-state index in [0.29, 0.717) is 11.8 Å². The van der Waals surface area contributed by atoms with E-state index in [9.17, 15) is 4.79 Å². The second-order valence-electron chi connectivity index (χ2n) is 7.66. The summed E-state index contributed by atoms with van der Waals surface area (Å²) >= 11 is 0. The number of anilines is 1. The van der Waals surface area contributed by atoms with Gasteiger partial charge in [-0.2, -0.15) is 0 Å². The summed E-state index contributed by atoms with van der Waals surface area (Å²) in [6.45, 7) is 5.39. The second kappa shape index (κ2) is 7.52. The lowest BCUT2D eigenvalue weighted by Crippen LogP contribution is -2.49. The number of piperazine rings is 1. The van der Waals surface area contributed by atoms with E-state index in [0.717, 1.165) is 44.2 Å². The molecule has 1 saturated carbocycles. The van der Waals surface area contributed by atoms with Gasteiger partial charge in [0.15, 0.2) is 0 Å². The van der Waals surface area contributed by atoms with Crippen LogP contribution >= 0.6 is 0 Å². The molecule has 0 bridgehead atoms. The number of benzene rings is 1. The van der Waals surface area contributed by atoms with Crippen LogP contribution in [-0.2, 0) is 4.79 Å². The summed E-state index contributed by atoms with van der Waals surface area (Å²) in [5, 5.41) is 0. The summed E-state index contributed by atoms with van der Waals surface area (Å²) in [6.07, 6.45) is 9.68. The Kier molecular flexibility index (Phi) is 4.96. The maximum absolute atomic E-state index is 12.6. The van der Waals surface area contributed by atoms with Crippen LogP contribution in [0.3, 0.4) is 0 Å². The molecule has 2 heterocycles. The third kappa shape index (κ3) is 3.62. The van der Waals surface area contributed by atoms with Crippen molar-refractivity contribution in [3.8, 4) is 5.69 Å². The first-order valence-electron chi connectivity index (χ1n) is 9.84. The van der Waals surface area contributed by atoms with Gasteiger partial charge in [0.1, 0.15) is 0 Å². The minimum absolute atomic E-state index is 0.346. The fraction of sp³-hybridized carbons (Fsp3) is 0.524. The van der Waals surface area contributed by atoms with Crippen molar-refractivity contribution in [1.82, 2.24) is 14.5 Å². The van der Waals surface area contributed by atoms with E-state index in [1.165, 1.54) is 31.2 Å². The molecule has 2 aromatic rings. The van der Waals surface area contributed by atoms with Gasteiger partial charge in [-0.3, -0.25) is 9.36 Å². The monoisotopic (exact) mass is 352 g/mol. The Morgan fingerprint density at radius 2 is 1.77 bits per heavy atom. The quantitative estimate of drug-likeness (QED) is 0.847. The Morgan fingerprint density at radius 1 is 1.08 bits per heavy atom. The number of rotatable bonds is 4. The Labute approximate surface area is 155 Å². The van der Waals surface area contributed by atoms with E-state index in [2.05, 4.69) is 45.6 Å². The van der Waals surface area contributed by atoms with Crippen LogP contribution < -0.4 is 4.90 Å². The number of hydrogen-bond donors (Lipinski definition) is 0. The van der Waals surface area contributed by atoms with Crippen LogP contribution in [0.5, 0.6) is 0 Å². The summed E-state index contributed by atoms with van der Waals surface area (Å²) in [6, 6.07) is 8.50. The third-order valence-electron chi connectivity index (χ3n) is 5.79. The first-order valence-corrected chi connectivity index (χ1v) is 9.84. The van der Waals surface area contributed by atoms with Crippen molar-refractivity contribution in [1.29, 1.82) is 0 Å². The van der Waals surface area contributed by atoms with Crippen LogP contribution in [0.1, 0.15) is 37.7 Å². The van der Waals surface area contributed by atoms with Gasteiger partial charge in [-0.15, -0.1) is 0 Å². The molecule has 0 unspecified atom stereocenters. The van der Waals surface area contributed by atoms with Crippen LogP contribution in [0, 0.1) is 12.8 Å². The lowest BCUT2D eigenvalue weighted by molar-refractivity contribution is -0.132. The van der Waals surface area contributed by atoms with Gasteiger partial charge in [-0.1, -0.05) is 30.5 Å². The maximum atomic E-state index is 12.6. The third-order valence-corrected chi connectivity index (χ3v) is 5.79. The topological polar surface area (TPSA) is 41.4 Å². The summed E-state index contributed by atoms with van der Waals surface area (Å²) in [5.41, 5.74) is 2.38. The average molecular weight is 352 g/mol. The highest BCUT2D eigenvalue weighted by atomic mass is 16.2. The fourth-order valence-corrected chi connectivity index (χ4v) is 4.18. The highest BCUT2D eigenvalue weighted by molar-refractivity contribution is 5.76. The Bertz CT molecular complexity index is 738. The Balaban J connectivity index is 1.38. The van der Waals surface area contributed by atoms with Crippen LogP contribution in [0.2, 0.25) is 0 Å². The average Bonchev–Trinajstić information content (AvgIpc) is 3.34. The van der Waals surface area contributed by atoms with E-state index in [-0.39, 0.29) is 0 Å². The van der Waals surface area contributed by atoms with Gasteiger partial charge in [0.2, 0.25) is 11.9 Å². The van der Waals surface area contributed by atoms with Gasteiger partial charge in [0, 0.05) is 50.7 Å². The zero-order valence-corrected chi connectivity index (χ0v) is 15.6. The molecule has 4 rings (SSSR count). The van der Waals surface area contributed by atoms with Gasteiger partial charge in [0.05, 0.1) is 0 Å². The van der Waals surface area contributed by atoms with Crippen LogP contribution in [0.4, 0.5) is 5.95 Å². The van der Waals surface area contributed by atoms with Crippen LogP contribution in [0.15, 0.2) is 36.7 Å². The predicted octanol–water partition coefficient (Wildman–Crippen LogP) is 3.41. The molecule has 1 aromatic heterocycles. The van der Waals surface area contributed by atoms with E-state index in [1.807, 2.05) is 17.3 Å². The van der Waals surface area contributed by atoms with E-state index < -0.39 is 0 Å². The molecule has 0 N–H and O–H groups in total. The normalized spacial score (nSPS) is 18.5. The van der Waals surface area contributed by atoms with Gasteiger partial charge in [-0.05, 0) is 37.8 Å². The molecule has 2 fully saturated rings. The number of carbonyl (C=O) groups is 1. The molecule has 0 radical (unpaired) electrons. The number of nitrogens with zero attached hydrogens (tertiary/aromatic N) is 4. The summed E-state index contributed by atoms with van der Waals surface area (Å²) < 4.78 is 2.13. The number of aryl methyl sites for hydroxylation is 1. The molecule has 1 aliphatic carbocycles. The Morgan fingerprint density at radius 3 is 2.46 bits per heavy atom. The van der Waals surface area contributed by atoms with Gasteiger partial charge in [0.25, 0.3) is 0 Å². The molecule has 2 aliphatic rings. The summed E-state index contributed by atoms with van der Waals surface area (Å²) in [7, 11) is 0.